The summed E-state index contributed by atoms with van der Waals surface area (Å²) in [5.41, 5.74) is 0.331. The lowest BCUT2D eigenvalue weighted by atomic mass is 9.95. The Balaban J connectivity index is 0.000000204. The van der Waals surface area contributed by atoms with E-state index in [1.165, 1.54) is 32.1 Å². The van der Waals surface area contributed by atoms with Crippen molar-refractivity contribution in [2.45, 2.75) is 51.2 Å². The van der Waals surface area contributed by atoms with Crippen LogP contribution in [0, 0.1) is 0 Å². The molecule has 0 heterocycles. The summed E-state index contributed by atoms with van der Waals surface area (Å²) in [6, 6.07) is 8.97. The van der Waals surface area contributed by atoms with Gasteiger partial charge in [0.1, 0.15) is 0 Å². The highest BCUT2D eigenvalue weighted by Crippen LogP contribution is 2.17. The van der Waals surface area contributed by atoms with Crippen molar-refractivity contribution in [2.75, 3.05) is 6.54 Å². The third-order valence-electron chi connectivity index (χ3n) is 3.33. The molecule has 4 nitrogen and oxygen atoms in total. The number of benzene rings is 1. The Morgan fingerprint density at radius 2 is 1.85 bits per heavy atom. The molecule has 1 aliphatic rings. The van der Waals surface area contributed by atoms with Crippen LogP contribution in [0.1, 0.15) is 49.4 Å². The van der Waals surface area contributed by atoms with Crippen molar-refractivity contribution in [2.24, 2.45) is 0 Å². The number of nitrogens with one attached hydrogen (secondary N) is 1. The average Bonchev–Trinajstić information content (AvgIpc) is 2.48. The van der Waals surface area contributed by atoms with Crippen LogP contribution >= 0.6 is 0 Å². The summed E-state index contributed by atoms with van der Waals surface area (Å²) in [6.45, 7) is 2.58. The molecule has 0 bridgehead atoms. The van der Waals surface area contributed by atoms with Gasteiger partial charge < -0.3 is 15.5 Å². The van der Waals surface area contributed by atoms with Gasteiger partial charge in [-0.05, 0) is 31.9 Å². The molecule has 0 aromatic heterocycles. The molecule has 0 amide bonds. The van der Waals surface area contributed by atoms with Crippen LogP contribution in [0.15, 0.2) is 30.3 Å². The lowest BCUT2D eigenvalue weighted by Crippen LogP contribution is -2.35. The number of hydrogen-bond acceptors (Lipinski definition) is 3. The second-order valence-corrected chi connectivity index (χ2v) is 5.26. The fourth-order valence-corrected chi connectivity index (χ4v) is 2.22. The van der Waals surface area contributed by atoms with Crippen LogP contribution in [-0.4, -0.2) is 34.9 Å². The third kappa shape index (κ3) is 7.26. The van der Waals surface area contributed by atoms with Crippen molar-refractivity contribution < 1.29 is 15.0 Å². The topological polar surface area (TPSA) is 69.6 Å². The minimum Gasteiger partial charge on any atom is -0.478 e. The van der Waals surface area contributed by atoms with Crippen LogP contribution in [0.4, 0.5) is 0 Å². The standard InChI is InChI=1S/C9H19NO.C7H6O2/c1-8(11)7-10-9-5-3-2-4-6-9;8-7(9)6-4-2-1-3-5-6/h8-11H,2-7H2,1H3;1-5H,(H,8,9). The van der Waals surface area contributed by atoms with Gasteiger partial charge in [-0.3, -0.25) is 0 Å². The smallest absolute Gasteiger partial charge is 0.335 e. The summed E-state index contributed by atoms with van der Waals surface area (Å²) < 4.78 is 0. The minimum absolute atomic E-state index is 0.197. The quantitative estimate of drug-likeness (QED) is 0.792. The van der Waals surface area contributed by atoms with Gasteiger partial charge in [-0.15, -0.1) is 0 Å². The zero-order valence-electron chi connectivity index (χ0n) is 12.1. The maximum Gasteiger partial charge on any atom is 0.335 e. The number of carbonyl (C=O) groups is 1. The molecule has 0 spiro atoms. The number of aliphatic hydroxyl groups excluding tert-OH is 1. The SMILES string of the molecule is CC(O)CNC1CCCCC1.O=C(O)c1ccccc1. The van der Waals surface area contributed by atoms with E-state index in [-0.39, 0.29) is 6.10 Å². The van der Waals surface area contributed by atoms with E-state index in [1.807, 2.05) is 6.92 Å². The highest BCUT2D eigenvalue weighted by molar-refractivity contribution is 5.87. The van der Waals surface area contributed by atoms with E-state index >= 15 is 0 Å². The van der Waals surface area contributed by atoms with Crippen LogP contribution in [0.2, 0.25) is 0 Å². The normalized spacial score (nSPS) is 16.9. The molecular weight excluding hydrogens is 254 g/mol. The Morgan fingerprint density at radius 3 is 2.30 bits per heavy atom. The molecule has 20 heavy (non-hydrogen) atoms. The van der Waals surface area contributed by atoms with Gasteiger partial charge in [0.25, 0.3) is 0 Å². The predicted molar refractivity (Wildman–Crippen MR) is 80.0 cm³/mol. The van der Waals surface area contributed by atoms with Crippen molar-refractivity contribution in [1.82, 2.24) is 5.32 Å². The fourth-order valence-electron chi connectivity index (χ4n) is 2.22. The monoisotopic (exact) mass is 279 g/mol. The summed E-state index contributed by atoms with van der Waals surface area (Å²) in [6.07, 6.45) is 6.51. The van der Waals surface area contributed by atoms with E-state index in [1.54, 1.807) is 30.3 Å². The van der Waals surface area contributed by atoms with Crippen molar-refractivity contribution >= 4 is 5.97 Å². The highest BCUT2D eigenvalue weighted by Gasteiger charge is 2.12. The van der Waals surface area contributed by atoms with Gasteiger partial charge in [-0.25, -0.2) is 4.79 Å². The van der Waals surface area contributed by atoms with E-state index in [4.69, 9.17) is 10.2 Å². The second kappa shape index (κ2) is 9.50. The van der Waals surface area contributed by atoms with Crippen LogP contribution in [-0.2, 0) is 0 Å². The lowest BCUT2D eigenvalue weighted by molar-refractivity contribution is 0.0697. The Morgan fingerprint density at radius 1 is 1.25 bits per heavy atom. The Kier molecular flexibility index (Phi) is 7.92. The molecular formula is C16H25NO3. The molecule has 1 fully saturated rings. The molecule has 1 atom stereocenters. The van der Waals surface area contributed by atoms with Gasteiger partial charge in [0.2, 0.25) is 0 Å². The molecule has 0 saturated heterocycles. The van der Waals surface area contributed by atoms with E-state index in [0.717, 1.165) is 6.54 Å². The summed E-state index contributed by atoms with van der Waals surface area (Å²) >= 11 is 0. The zero-order chi connectivity index (χ0) is 14.8. The molecule has 1 aliphatic carbocycles. The largest absolute Gasteiger partial charge is 0.478 e. The summed E-state index contributed by atoms with van der Waals surface area (Å²) in [5.74, 6) is -0.879. The van der Waals surface area contributed by atoms with Gasteiger partial charge in [0.15, 0.2) is 0 Å². The molecule has 112 valence electrons. The summed E-state index contributed by atoms with van der Waals surface area (Å²) in [7, 11) is 0. The first-order valence-electron chi connectivity index (χ1n) is 7.29. The molecule has 1 saturated carbocycles. The first-order valence-corrected chi connectivity index (χ1v) is 7.29. The maximum absolute atomic E-state index is 10.2. The minimum atomic E-state index is -0.879. The number of aliphatic hydroxyl groups is 1. The number of rotatable bonds is 4. The van der Waals surface area contributed by atoms with Gasteiger partial charge in [-0.2, -0.15) is 0 Å². The van der Waals surface area contributed by atoms with Crippen LogP contribution in [0.25, 0.3) is 0 Å². The number of carboxylic acid groups (broad SMARTS) is 1. The molecule has 2 rings (SSSR count). The van der Waals surface area contributed by atoms with E-state index in [2.05, 4.69) is 5.32 Å². The van der Waals surface area contributed by atoms with Gasteiger partial charge in [-0.1, -0.05) is 37.5 Å². The van der Waals surface area contributed by atoms with Crippen molar-refractivity contribution in [3.05, 3.63) is 35.9 Å². The molecule has 0 aliphatic heterocycles. The third-order valence-corrected chi connectivity index (χ3v) is 3.33. The molecule has 1 unspecified atom stereocenters. The van der Waals surface area contributed by atoms with E-state index in [9.17, 15) is 4.79 Å². The first-order chi connectivity index (χ1) is 9.59. The molecule has 1 aromatic carbocycles. The molecule has 3 N–H and O–H groups in total. The van der Waals surface area contributed by atoms with Crippen LogP contribution in [0.3, 0.4) is 0 Å². The summed E-state index contributed by atoms with van der Waals surface area (Å²) in [5, 5.41) is 20.8. The van der Waals surface area contributed by atoms with Crippen LogP contribution in [0.5, 0.6) is 0 Å². The van der Waals surface area contributed by atoms with E-state index in [0.29, 0.717) is 11.6 Å². The molecule has 1 aromatic rings. The number of hydrogen-bond donors (Lipinski definition) is 3. The Labute approximate surface area is 120 Å². The lowest BCUT2D eigenvalue weighted by Gasteiger charge is -2.23. The van der Waals surface area contributed by atoms with Crippen molar-refractivity contribution in [1.29, 1.82) is 0 Å². The predicted octanol–water partition coefficient (Wildman–Crippen LogP) is 2.67. The van der Waals surface area contributed by atoms with Gasteiger partial charge >= 0.3 is 5.97 Å². The molecule has 0 radical (unpaired) electrons. The van der Waals surface area contributed by atoms with Crippen molar-refractivity contribution in [3.63, 3.8) is 0 Å². The van der Waals surface area contributed by atoms with Gasteiger partial charge in [0, 0.05) is 12.6 Å². The highest BCUT2D eigenvalue weighted by atomic mass is 16.4. The average molecular weight is 279 g/mol. The Hall–Kier alpha value is -1.39. The van der Waals surface area contributed by atoms with Gasteiger partial charge in [0.05, 0.1) is 11.7 Å². The first kappa shape index (κ1) is 16.7. The number of aromatic carboxylic acids is 1. The van der Waals surface area contributed by atoms with E-state index < -0.39 is 5.97 Å². The fraction of sp³-hybridized carbons (Fsp3) is 0.562. The number of carboxylic acids is 1. The maximum atomic E-state index is 10.2. The second-order valence-electron chi connectivity index (χ2n) is 5.26. The Bertz CT molecular complexity index is 373. The van der Waals surface area contributed by atoms with Crippen LogP contribution < -0.4 is 5.32 Å². The molecule has 4 heteroatoms. The summed E-state index contributed by atoms with van der Waals surface area (Å²) in [4.78, 5) is 10.2. The zero-order valence-corrected chi connectivity index (χ0v) is 12.1. The van der Waals surface area contributed by atoms with Crippen molar-refractivity contribution in [3.8, 4) is 0 Å².